The summed E-state index contributed by atoms with van der Waals surface area (Å²) in [6, 6.07) is 0. The molecule has 8 heavy (non-hydrogen) atoms. The lowest BCUT2D eigenvalue weighted by molar-refractivity contribution is 0.692. The lowest BCUT2D eigenvalue weighted by Gasteiger charge is -1.99. The minimum Gasteiger partial charge on any atom is -0.248 e. The summed E-state index contributed by atoms with van der Waals surface area (Å²) in [5, 5.41) is 0.496. The Morgan fingerprint density at radius 3 is 2.25 bits per heavy atom. The molecule has 0 aromatic heterocycles. The van der Waals surface area contributed by atoms with Gasteiger partial charge in [0.25, 0.3) is 0 Å². The van der Waals surface area contributed by atoms with Crippen LogP contribution in [0.15, 0.2) is 0 Å². The van der Waals surface area contributed by atoms with Crippen LogP contribution >= 0.6 is 10.8 Å². The average molecular weight is 152 g/mol. The van der Waals surface area contributed by atoms with Gasteiger partial charge in [-0.05, 0) is 0 Å². The molecule has 0 radical (unpaired) electrons. The highest BCUT2D eigenvalue weighted by molar-refractivity contribution is 8.69. The molecule has 0 aromatic carbocycles. The van der Waals surface area contributed by atoms with Crippen LogP contribution in [-0.2, 0) is 9.83 Å². The quantitative estimate of drug-likeness (QED) is 0.574. The van der Waals surface area contributed by atoms with Gasteiger partial charge in [-0.2, -0.15) is 0 Å². The lowest BCUT2D eigenvalue weighted by Crippen LogP contribution is -1.92. The zero-order valence-corrected chi connectivity index (χ0v) is 7.14. The molecule has 1 unspecified atom stereocenters. The Labute approximate surface area is 57.1 Å². The first kappa shape index (κ1) is 8.50. The molecule has 0 saturated carbocycles. The summed E-state index contributed by atoms with van der Waals surface area (Å²) in [4.78, 5) is 0. The van der Waals surface area contributed by atoms with Gasteiger partial charge in [0.05, 0.1) is 9.83 Å². The molecular formula is C5H12OS2. The molecular weight excluding hydrogens is 140 g/mol. The van der Waals surface area contributed by atoms with Crippen molar-refractivity contribution in [3.63, 3.8) is 0 Å². The van der Waals surface area contributed by atoms with E-state index in [1.807, 2.05) is 6.92 Å². The molecule has 0 amide bonds. The monoisotopic (exact) mass is 152 g/mol. The first-order valence-electron chi connectivity index (χ1n) is 2.72. The lowest BCUT2D eigenvalue weighted by atomic mass is 10.6. The summed E-state index contributed by atoms with van der Waals surface area (Å²) >= 11 is 0. The van der Waals surface area contributed by atoms with Gasteiger partial charge < -0.3 is 0 Å². The van der Waals surface area contributed by atoms with E-state index in [0.717, 1.165) is 5.75 Å². The smallest absolute Gasteiger partial charge is 0.0803 e. The first-order valence-corrected chi connectivity index (χ1v) is 5.43. The summed E-state index contributed by atoms with van der Waals surface area (Å²) in [5.74, 6) is 0.767. The highest BCUT2D eigenvalue weighted by Gasteiger charge is 1.98. The standard InChI is InChI=1S/C5H12OS2/c1-4-8(6)7-5(2)3/h5H,4H2,1-3H3. The van der Waals surface area contributed by atoms with Gasteiger partial charge in [0.15, 0.2) is 0 Å². The molecule has 1 nitrogen and oxygen atoms in total. The average Bonchev–Trinajstić information content (AvgIpc) is 1.65. The summed E-state index contributed by atoms with van der Waals surface area (Å²) < 4.78 is 10.7. The number of hydrogen-bond donors (Lipinski definition) is 0. The van der Waals surface area contributed by atoms with Crippen molar-refractivity contribution in [3.8, 4) is 0 Å². The van der Waals surface area contributed by atoms with Gasteiger partial charge in [-0.3, -0.25) is 0 Å². The van der Waals surface area contributed by atoms with Crippen LogP contribution in [0.5, 0.6) is 0 Å². The van der Waals surface area contributed by atoms with Gasteiger partial charge in [-0.15, -0.1) is 0 Å². The van der Waals surface area contributed by atoms with Gasteiger partial charge in [0.1, 0.15) is 0 Å². The molecule has 0 N–H and O–H groups in total. The van der Waals surface area contributed by atoms with E-state index >= 15 is 0 Å². The fraction of sp³-hybridized carbons (Fsp3) is 1.00. The topological polar surface area (TPSA) is 17.1 Å². The molecule has 0 saturated heterocycles. The molecule has 0 aliphatic heterocycles. The molecule has 0 aromatic rings. The second kappa shape index (κ2) is 4.39. The van der Waals surface area contributed by atoms with E-state index in [-0.39, 0.29) is 0 Å². The maximum Gasteiger partial charge on any atom is 0.0803 e. The molecule has 0 bridgehead atoms. The van der Waals surface area contributed by atoms with Crippen molar-refractivity contribution in [2.24, 2.45) is 0 Å². The van der Waals surface area contributed by atoms with E-state index in [2.05, 4.69) is 13.8 Å². The molecule has 0 fully saturated rings. The van der Waals surface area contributed by atoms with Crippen LogP contribution in [0, 0.1) is 0 Å². The molecule has 0 rings (SSSR count). The van der Waals surface area contributed by atoms with Crippen molar-refractivity contribution < 1.29 is 4.21 Å². The van der Waals surface area contributed by atoms with Gasteiger partial charge >= 0.3 is 0 Å². The van der Waals surface area contributed by atoms with Crippen LogP contribution in [0.2, 0.25) is 0 Å². The predicted octanol–water partition coefficient (Wildman–Crippen LogP) is 1.81. The molecule has 50 valence electrons. The van der Waals surface area contributed by atoms with Crippen molar-refractivity contribution in [3.05, 3.63) is 0 Å². The third-order valence-corrected chi connectivity index (χ3v) is 4.11. The second-order valence-electron chi connectivity index (χ2n) is 1.74. The predicted molar refractivity (Wildman–Crippen MR) is 41.4 cm³/mol. The number of rotatable bonds is 3. The molecule has 0 aliphatic rings. The zero-order chi connectivity index (χ0) is 6.57. The van der Waals surface area contributed by atoms with E-state index < -0.39 is 9.83 Å². The Morgan fingerprint density at radius 2 is 2.12 bits per heavy atom. The van der Waals surface area contributed by atoms with E-state index in [1.165, 1.54) is 10.8 Å². The minimum atomic E-state index is -0.640. The van der Waals surface area contributed by atoms with E-state index in [0.29, 0.717) is 5.25 Å². The van der Waals surface area contributed by atoms with Crippen LogP contribution in [0.3, 0.4) is 0 Å². The summed E-state index contributed by atoms with van der Waals surface area (Å²) in [5.41, 5.74) is 0. The Balaban J connectivity index is 3.25. The Kier molecular flexibility index (Phi) is 4.66. The minimum absolute atomic E-state index is 0.496. The second-order valence-corrected chi connectivity index (χ2v) is 5.75. The summed E-state index contributed by atoms with van der Waals surface area (Å²) in [6.45, 7) is 6.04. The Morgan fingerprint density at radius 1 is 1.62 bits per heavy atom. The number of hydrogen-bond acceptors (Lipinski definition) is 2. The van der Waals surface area contributed by atoms with Crippen LogP contribution in [0.25, 0.3) is 0 Å². The Bertz CT molecular complexity index is 80.5. The maximum atomic E-state index is 10.7. The van der Waals surface area contributed by atoms with Gasteiger partial charge in [-0.25, -0.2) is 4.21 Å². The van der Waals surface area contributed by atoms with Crippen molar-refractivity contribution >= 4 is 20.6 Å². The SMILES string of the molecule is CCS(=O)SC(C)C. The van der Waals surface area contributed by atoms with Crippen LogP contribution in [0.4, 0.5) is 0 Å². The summed E-state index contributed by atoms with van der Waals surface area (Å²) in [7, 11) is 0.886. The first-order chi connectivity index (χ1) is 3.66. The van der Waals surface area contributed by atoms with Crippen molar-refractivity contribution in [2.45, 2.75) is 26.0 Å². The largest absolute Gasteiger partial charge is 0.248 e. The van der Waals surface area contributed by atoms with Crippen LogP contribution in [0.1, 0.15) is 20.8 Å². The molecule has 0 aliphatic carbocycles. The van der Waals surface area contributed by atoms with Gasteiger partial charge in [0.2, 0.25) is 0 Å². The maximum absolute atomic E-state index is 10.7. The van der Waals surface area contributed by atoms with E-state index in [9.17, 15) is 4.21 Å². The van der Waals surface area contributed by atoms with Crippen LogP contribution in [-0.4, -0.2) is 15.2 Å². The van der Waals surface area contributed by atoms with Gasteiger partial charge in [0, 0.05) is 11.0 Å². The fourth-order valence-electron chi connectivity index (χ4n) is 0.283. The van der Waals surface area contributed by atoms with Crippen molar-refractivity contribution in [1.82, 2.24) is 0 Å². The molecule has 3 heteroatoms. The molecule has 0 heterocycles. The highest BCUT2D eigenvalue weighted by Crippen LogP contribution is 2.13. The zero-order valence-electron chi connectivity index (χ0n) is 5.51. The third kappa shape index (κ3) is 4.65. The van der Waals surface area contributed by atoms with Crippen molar-refractivity contribution in [1.29, 1.82) is 0 Å². The normalized spacial score (nSPS) is 14.5. The van der Waals surface area contributed by atoms with Crippen LogP contribution < -0.4 is 0 Å². The van der Waals surface area contributed by atoms with E-state index in [4.69, 9.17) is 0 Å². The molecule has 1 atom stereocenters. The highest BCUT2D eigenvalue weighted by atomic mass is 33.1. The third-order valence-electron chi connectivity index (χ3n) is 0.535. The summed E-state index contributed by atoms with van der Waals surface area (Å²) in [6.07, 6.45) is 0. The Hall–Kier alpha value is 0.500. The van der Waals surface area contributed by atoms with E-state index in [1.54, 1.807) is 0 Å². The van der Waals surface area contributed by atoms with Crippen molar-refractivity contribution in [2.75, 3.05) is 5.75 Å². The fourth-order valence-corrected chi connectivity index (χ4v) is 2.54. The van der Waals surface area contributed by atoms with Gasteiger partial charge in [-0.1, -0.05) is 31.6 Å². The molecule has 0 spiro atoms.